The van der Waals surface area contributed by atoms with Crippen molar-refractivity contribution in [3.05, 3.63) is 99.8 Å². The lowest BCUT2D eigenvalue weighted by Crippen LogP contribution is -2.40. The number of nitrogens with one attached hydrogen (secondary N) is 2. The Bertz CT molecular complexity index is 1830. The Morgan fingerprint density at radius 3 is 2.51 bits per heavy atom. The summed E-state index contributed by atoms with van der Waals surface area (Å²) >= 11 is 6.09. The fourth-order valence-electron chi connectivity index (χ4n) is 5.69. The normalized spacial score (nSPS) is 17.8. The van der Waals surface area contributed by atoms with E-state index in [0.717, 1.165) is 27.7 Å². The quantitative estimate of drug-likeness (QED) is 0.371. The maximum absolute atomic E-state index is 14.0. The molecule has 2 aliphatic rings. The van der Waals surface area contributed by atoms with Crippen LogP contribution in [-0.4, -0.2) is 58.2 Å². The van der Waals surface area contributed by atoms with Crippen LogP contribution in [0.1, 0.15) is 45.5 Å². The Morgan fingerprint density at radius 2 is 1.78 bits per heavy atom. The van der Waals surface area contributed by atoms with E-state index in [1.54, 1.807) is 11.0 Å². The maximum atomic E-state index is 14.0. The van der Waals surface area contributed by atoms with Gasteiger partial charge in [0.1, 0.15) is 11.6 Å². The molecule has 45 heavy (non-hydrogen) atoms. The number of carbonyl (C=O) groups excluding carboxylic acids is 3. The summed E-state index contributed by atoms with van der Waals surface area (Å²) in [6, 6.07) is 15.7. The highest BCUT2D eigenvalue weighted by Gasteiger charge is 2.40. The van der Waals surface area contributed by atoms with Crippen molar-refractivity contribution in [1.29, 1.82) is 0 Å². The second kappa shape index (κ2) is 12.6. The van der Waals surface area contributed by atoms with Crippen LogP contribution in [0.2, 0.25) is 5.02 Å². The molecule has 5 rings (SSSR count). The minimum atomic E-state index is -3.93. The molecule has 3 aromatic carbocycles. The molecule has 0 bridgehead atoms. The third-order valence-electron chi connectivity index (χ3n) is 8.14. The van der Waals surface area contributed by atoms with E-state index in [-0.39, 0.29) is 27.9 Å². The van der Waals surface area contributed by atoms with Gasteiger partial charge in [0.05, 0.1) is 23.4 Å². The zero-order chi connectivity index (χ0) is 32.5. The molecule has 1 aliphatic carbocycles. The molecule has 1 spiro atoms. The van der Waals surface area contributed by atoms with Gasteiger partial charge in [-0.2, -0.15) is 12.7 Å². The number of allylic oxidation sites excluding steroid dienone is 1. The molecule has 2 N–H and O–H groups in total. The number of hydrogen-bond acceptors (Lipinski definition) is 6. The number of ether oxygens (including phenoxy) is 1. The van der Waals surface area contributed by atoms with Crippen molar-refractivity contribution in [2.24, 2.45) is 5.41 Å². The number of halogens is 2. The Morgan fingerprint density at radius 1 is 1.02 bits per heavy atom. The number of amides is 3. The number of para-hydroxylation sites is 1. The van der Waals surface area contributed by atoms with Crippen LogP contribution in [0.5, 0.6) is 5.75 Å². The molecular weight excluding hydrogens is 623 g/mol. The average molecular weight is 655 g/mol. The third-order valence-corrected chi connectivity index (χ3v) is 9.87. The molecular formula is C32H32ClFN4O6S. The van der Waals surface area contributed by atoms with E-state index >= 15 is 0 Å². The fraction of sp³-hybridized carbons (Fsp3) is 0.281. The zero-order valence-corrected chi connectivity index (χ0v) is 26.5. The lowest BCUT2D eigenvalue weighted by atomic mass is 9.79. The number of fused-ring (bicyclic) bond motifs is 1. The van der Waals surface area contributed by atoms with E-state index in [9.17, 15) is 27.2 Å². The summed E-state index contributed by atoms with van der Waals surface area (Å²) < 4.78 is 46.7. The first kappa shape index (κ1) is 32.1. The number of rotatable bonds is 7. The van der Waals surface area contributed by atoms with Gasteiger partial charge in [0.15, 0.2) is 0 Å². The molecule has 0 fully saturated rings. The highest BCUT2D eigenvalue weighted by Crippen LogP contribution is 2.46. The van der Waals surface area contributed by atoms with Crippen molar-refractivity contribution in [3.8, 4) is 5.75 Å². The largest absolute Gasteiger partial charge is 0.495 e. The van der Waals surface area contributed by atoms with Gasteiger partial charge in [0.25, 0.3) is 17.7 Å². The van der Waals surface area contributed by atoms with E-state index in [0.29, 0.717) is 43.4 Å². The van der Waals surface area contributed by atoms with Crippen molar-refractivity contribution >= 4 is 50.9 Å². The van der Waals surface area contributed by atoms with E-state index in [1.165, 1.54) is 39.4 Å². The highest BCUT2D eigenvalue weighted by atomic mass is 35.5. The second-order valence-corrected chi connectivity index (χ2v) is 13.5. The van der Waals surface area contributed by atoms with Crippen LogP contribution >= 0.6 is 11.6 Å². The Labute approximate surface area is 266 Å². The van der Waals surface area contributed by atoms with Gasteiger partial charge in [-0.3, -0.25) is 14.4 Å². The molecule has 13 heteroatoms. The monoisotopic (exact) mass is 654 g/mol. The smallest absolute Gasteiger partial charge is 0.303 e. The molecule has 3 amide bonds. The summed E-state index contributed by atoms with van der Waals surface area (Å²) in [5.74, 6) is -1.96. The lowest BCUT2D eigenvalue weighted by molar-refractivity contribution is -0.116. The van der Waals surface area contributed by atoms with Crippen LogP contribution in [0.25, 0.3) is 0 Å². The first-order chi connectivity index (χ1) is 21.3. The van der Waals surface area contributed by atoms with Crippen molar-refractivity contribution in [2.75, 3.05) is 38.0 Å². The minimum absolute atomic E-state index is 0.0464. The Kier molecular flexibility index (Phi) is 9.02. The van der Waals surface area contributed by atoms with Gasteiger partial charge in [-0.05, 0) is 79.1 Å². The zero-order valence-electron chi connectivity index (χ0n) is 24.9. The second-order valence-electron chi connectivity index (χ2n) is 11.3. The van der Waals surface area contributed by atoms with Crippen LogP contribution in [-0.2, 0) is 21.4 Å². The number of hydrogen-bond donors (Lipinski definition) is 2. The first-order valence-electron chi connectivity index (χ1n) is 14.1. The molecule has 1 atom stereocenters. The van der Waals surface area contributed by atoms with Gasteiger partial charge in [0.2, 0.25) is 0 Å². The van der Waals surface area contributed by atoms with Crippen LogP contribution in [0.15, 0.2) is 72.3 Å². The van der Waals surface area contributed by atoms with E-state index in [4.69, 9.17) is 16.3 Å². The standard InChI is InChI=1S/C32H32ClFN4O6S/c1-37(2)45(42,43)36-29(39)22-12-13-32(19-22)14-15-38(27-7-5-4-6-21(27)18-32)31(41)20-8-11-26(28(16-20)44-3)35-30(40)24-17-23(34)9-10-25(24)33/h4-11,16-17,19H,12-15,18H2,1-3H3,(H,35,40)(H,36,39)/t32-/m0/s1. The summed E-state index contributed by atoms with van der Waals surface area (Å²) in [6.07, 6.45) is 4.02. The topological polar surface area (TPSA) is 125 Å². The summed E-state index contributed by atoms with van der Waals surface area (Å²) in [7, 11) is 0.161. The first-order valence-corrected chi connectivity index (χ1v) is 15.9. The fourth-order valence-corrected chi connectivity index (χ4v) is 6.44. The van der Waals surface area contributed by atoms with Gasteiger partial charge < -0.3 is 15.0 Å². The molecule has 10 nitrogen and oxygen atoms in total. The van der Waals surface area contributed by atoms with Crippen molar-refractivity contribution in [2.45, 2.75) is 25.7 Å². The van der Waals surface area contributed by atoms with E-state index in [2.05, 4.69) is 10.0 Å². The van der Waals surface area contributed by atoms with Crippen molar-refractivity contribution in [1.82, 2.24) is 9.03 Å². The molecule has 1 aliphatic heterocycles. The van der Waals surface area contributed by atoms with E-state index in [1.807, 2.05) is 30.3 Å². The molecule has 3 aromatic rings. The van der Waals surface area contributed by atoms with Gasteiger partial charge in [-0.15, -0.1) is 0 Å². The summed E-state index contributed by atoms with van der Waals surface area (Å²) in [5, 5.41) is 2.75. The molecule has 0 radical (unpaired) electrons. The van der Waals surface area contributed by atoms with Crippen LogP contribution in [0.3, 0.4) is 0 Å². The Balaban J connectivity index is 1.39. The van der Waals surface area contributed by atoms with Crippen molar-refractivity contribution < 1.29 is 31.9 Å². The predicted octanol–water partition coefficient (Wildman–Crippen LogP) is 4.96. The maximum Gasteiger partial charge on any atom is 0.303 e. The highest BCUT2D eigenvalue weighted by molar-refractivity contribution is 7.87. The molecule has 1 heterocycles. The summed E-state index contributed by atoms with van der Waals surface area (Å²) in [4.78, 5) is 41.3. The van der Waals surface area contributed by atoms with Gasteiger partial charge in [0, 0.05) is 37.5 Å². The SMILES string of the molecule is COc1cc(C(=O)N2CC[C@]3(C=C(C(=O)NS(=O)(=O)N(C)C)CC3)Cc3ccccc32)ccc1NC(=O)c1cc(F)ccc1Cl. The molecule has 0 saturated carbocycles. The Hall–Kier alpha value is -4.26. The number of anilines is 2. The predicted molar refractivity (Wildman–Crippen MR) is 169 cm³/mol. The van der Waals surface area contributed by atoms with Crippen LogP contribution in [0, 0.1) is 11.2 Å². The number of carbonyl (C=O) groups is 3. The number of methoxy groups -OCH3 is 1. The minimum Gasteiger partial charge on any atom is -0.495 e. The van der Waals surface area contributed by atoms with Gasteiger partial charge >= 0.3 is 10.2 Å². The summed E-state index contributed by atoms with van der Waals surface area (Å²) in [6.45, 7) is 0.343. The third kappa shape index (κ3) is 6.73. The molecule has 0 saturated heterocycles. The van der Waals surface area contributed by atoms with Crippen LogP contribution in [0.4, 0.5) is 15.8 Å². The van der Waals surface area contributed by atoms with Crippen LogP contribution < -0.4 is 19.7 Å². The van der Waals surface area contributed by atoms with Crippen molar-refractivity contribution in [3.63, 3.8) is 0 Å². The van der Waals surface area contributed by atoms with Gasteiger partial charge in [-0.1, -0.05) is 35.9 Å². The lowest BCUT2D eigenvalue weighted by Gasteiger charge is -2.26. The number of nitrogens with zero attached hydrogens (tertiary/aromatic N) is 2. The number of benzene rings is 3. The van der Waals surface area contributed by atoms with E-state index < -0.39 is 33.3 Å². The molecule has 0 aromatic heterocycles. The molecule has 0 unspecified atom stereocenters. The summed E-state index contributed by atoms with van der Waals surface area (Å²) in [5.41, 5.74) is 2.16. The van der Waals surface area contributed by atoms with Gasteiger partial charge in [-0.25, -0.2) is 9.11 Å². The molecule has 236 valence electrons. The average Bonchev–Trinajstić information content (AvgIpc) is 3.35.